The van der Waals surface area contributed by atoms with Crippen molar-refractivity contribution < 1.29 is 17.9 Å². The minimum Gasteiger partial charge on any atom is -0.506 e. The Morgan fingerprint density at radius 1 is 1.09 bits per heavy atom. The van der Waals surface area contributed by atoms with Crippen LogP contribution in [-0.2, 0) is 16.6 Å². The molecule has 0 radical (unpaired) electrons. The van der Waals surface area contributed by atoms with Gasteiger partial charge >= 0.3 is 0 Å². The number of hydrogen-bond acceptors (Lipinski definition) is 6. The van der Waals surface area contributed by atoms with E-state index in [2.05, 4.69) is 14.7 Å². The number of aromatic nitrogens is 2. The van der Waals surface area contributed by atoms with Gasteiger partial charge in [0, 0.05) is 6.20 Å². The summed E-state index contributed by atoms with van der Waals surface area (Å²) in [6, 6.07) is 14.8. The van der Waals surface area contributed by atoms with Crippen LogP contribution in [0.3, 0.4) is 0 Å². The molecule has 166 valence electrons. The monoisotopic (exact) mass is 464 g/mol. The molecule has 8 nitrogen and oxygen atoms in total. The summed E-state index contributed by atoms with van der Waals surface area (Å²) < 4.78 is 45.0. The number of aryl methyl sites for hydroxylation is 1. The first-order valence-corrected chi connectivity index (χ1v) is 11.4. The number of halogens is 1. The number of fused-ring (bicyclic) bond motifs is 2. The van der Waals surface area contributed by atoms with Crippen LogP contribution in [0, 0.1) is 12.7 Å². The lowest BCUT2D eigenvalue weighted by Crippen LogP contribution is -2.33. The van der Waals surface area contributed by atoms with Crippen LogP contribution in [0.25, 0.3) is 11.0 Å². The van der Waals surface area contributed by atoms with Crippen LogP contribution in [0.1, 0.15) is 16.7 Å². The van der Waals surface area contributed by atoms with Crippen molar-refractivity contribution in [3.8, 4) is 5.75 Å². The Bertz CT molecular complexity index is 1630. The molecule has 0 saturated carbocycles. The Labute approximate surface area is 187 Å². The van der Waals surface area contributed by atoms with Crippen molar-refractivity contribution >= 4 is 32.6 Å². The highest BCUT2D eigenvalue weighted by atomic mass is 32.2. The van der Waals surface area contributed by atoms with Crippen LogP contribution >= 0.6 is 0 Å². The summed E-state index contributed by atoms with van der Waals surface area (Å²) in [7, 11) is -4.48. The number of nitrogens with zero attached hydrogens (tertiary/aromatic N) is 3. The van der Waals surface area contributed by atoms with Gasteiger partial charge in [0.05, 0.1) is 17.6 Å². The Hall–Kier alpha value is -4.05. The second-order valence-electron chi connectivity index (χ2n) is 7.58. The van der Waals surface area contributed by atoms with Crippen molar-refractivity contribution in [2.45, 2.75) is 18.4 Å². The van der Waals surface area contributed by atoms with Gasteiger partial charge in [-0.05, 0) is 36.2 Å². The molecule has 4 aromatic rings. The first-order chi connectivity index (χ1) is 15.8. The molecule has 33 heavy (non-hydrogen) atoms. The largest absolute Gasteiger partial charge is 0.506 e. The van der Waals surface area contributed by atoms with Gasteiger partial charge in [-0.1, -0.05) is 36.4 Å². The van der Waals surface area contributed by atoms with Crippen molar-refractivity contribution in [2.75, 3.05) is 5.32 Å². The molecule has 3 heterocycles. The maximum atomic E-state index is 14.3. The highest BCUT2D eigenvalue weighted by Crippen LogP contribution is 2.35. The number of rotatable bonds is 3. The van der Waals surface area contributed by atoms with E-state index in [0.717, 1.165) is 11.6 Å². The lowest BCUT2D eigenvalue weighted by atomic mass is 10.1. The topological polar surface area (TPSA) is 114 Å². The van der Waals surface area contributed by atoms with Crippen molar-refractivity contribution in [1.82, 2.24) is 9.55 Å². The predicted molar refractivity (Wildman–Crippen MR) is 122 cm³/mol. The van der Waals surface area contributed by atoms with E-state index in [1.165, 1.54) is 16.8 Å². The molecule has 1 aliphatic heterocycles. The third-order valence-corrected chi connectivity index (χ3v) is 6.78. The number of sulfonamides is 1. The Morgan fingerprint density at radius 2 is 1.85 bits per heavy atom. The minimum atomic E-state index is -4.48. The number of amidine groups is 1. The summed E-state index contributed by atoms with van der Waals surface area (Å²) >= 11 is 0. The van der Waals surface area contributed by atoms with Crippen LogP contribution in [0.4, 0.5) is 10.1 Å². The molecule has 0 spiro atoms. The average Bonchev–Trinajstić information content (AvgIpc) is 2.79. The van der Waals surface area contributed by atoms with E-state index in [1.54, 1.807) is 19.1 Å². The van der Waals surface area contributed by atoms with E-state index < -0.39 is 32.0 Å². The number of anilines is 1. The van der Waals surface area contributed by atoms with Gasteiger partial charge < -0.3 is 10.4 Å². The van der Waals surface area contributed by atoms with Gasteiger partial charge in [0.1, 0.15) is 27.7 Å². The van der Waals surface area contributed by atoms with Crippen LogP contribution in [0.2, 0.25) is 0 Å². The number of pyridine rings is 2. The van der Waals surface area contributed by atoms with Crippen LogP contribution in [-0.4, -0.2) is 28.9 Å². The van der Waals surface area contributed by atoms with Crippen LogP contribution < -0.4 is 10.9 Å². The molecule has 1 aliphatic rings. The molecule has 0 aliphatic carbocycles. The number of hydrogen-bond donors (Lipinski definition) is 2. The minimum absolute atomic E-state index is 0.0281. The molecule has 2 aromatic carbocycles. The third kappa shape index (κ3) is 3.35. The molecule has 0 atom stereocenters. The zero-order valence-electron chi connectivity index (χ0n) is 17.3. The molecular formula is C23H17FN4O4S. The maximum absolute atomic E-state index is 14.3. The molecule has 2 N–H and O–H groups in total. The fourth-order valence-electron chi connectivity index (χ4n) is 3.87. The maximum Gasteiger partial charge on any atom is 0.289 e. The van der Waals surface area contributed by atoms with E-state index in [9.17, 15) is 22.7 Å². The first kappa shape index (κ1) is 20.8. The van der Waals surface area contributed by atoms with Crippen molar-refractivity contribution in [2.24, 2.45) is 4.40 Å². The second kappa shape index (κ2) is 7.52. The molecule has 10 heteroatoms. The summed E-state index contributed by atoms with van der Waals surface area (Å²) in [5.74, 6) is -1.81. The number of benzene rings is 2. The smallest absolute Gasteiger partial charge is 0.289 e. The van der Waals surface area contributed by atoms with E-state index in [1.807, 2.05) is 30.3 Å². The van der Waals surface area contributed by atoms with Gasteiger partial charge in [0.15, 0.2) is 5.84 Å². The summed E-state index contributed by atoms with van der Waals surface area (Å²) in [5, 5.41) is 14.0. The molecule has 2 aromatic heterocycles. The highest BCUT2D eigenvalue weighted by molar-refractivity contribution is 7.90. The summed E-state index contributed by atoms with van der Waals surface area (Å²) in [5.41, 5.74) is 0.409. The van der Waals surface area contributed by atoms with Gasteiger partial charge in [-0.25, -0.2) is 9.37 Å². The predicted octanol–water partition coefficient (Wildman–Crippen LogP) is 3.16. The normalized spacial score (nSPS) is 14.4. The molecule has 0 amide bonds. The summed E-state index contributed by atoms with van der Waals surface area (Å²) in [4.78, 5) is 17.2. The number of aromatic hydroxyl groups is 1. The van der Waals surface area contributed by atoms with Crippen molar-refractivity contribution in [1.29, 1.82) is 0 Å². The van der Waals surface area contributed by atoms with Gasteiger partial charge in [-0.3, -0.25) is 9.36 Å². The lowest BCUT2D eigenvalue weighted by molar-refractivity contribution is 0.477. The van der Waals surface area contributed by atoms with E-state index in [0.29, 0.717) is 5.56 Å². The summed E-state index contributed by atoms with van der Waals surface area (Å²) in [6.45, 7) is 1.73. The zero-order chi connectivity index (χ0) is 23.3. The standard InChI is InChI=1S/C23H17FN4O4S/c1-13-9-10-16(24)20-18(13)26-21(27-33(20,31)32)17-19(29)15-8-5-11-25-22(15)28(23(17)30)12-14-6-3-2-4-7-14/h2-11,29H,12H2,1H3,(H,26,27). The van der Waals surface area contributed by atoms with Crippen molar-refractivity contribution in [3.05, 3.63) is 93.7 Å². The van der Waals surface area contributed by atoms with Gasteiger partial charge in [-0.15, -0.1) is 4.40 Å². The average molecular weight is 464 g/mol. The van der Waals surface area contributed by atoms with Gasteiger partial charge in [0.25, 0.3) is 15.6 Å². The third-order valence-electron chi connectivity index (χ3n) is 5.44. The molecule has 0 bridgehead atoms. The second-order valence-corrected chi connectivity index (χ2v) is 9.12. The van der Waals surface area contributed by atoms with Gasteiger partial charge in [-0.2, -0.15) is 8.42 Å². The Kier molecular flexibility index (Phi) is 4.75. The Morgan fingerprint density at radius 3 is 2.61 bits per heavy atom. The molecule has 0 unspecified atom stereocenters. The van der Waals surface area contributed by atoms with Gasteiger partial charge in [0.2, 0.25) is 0 Å². The fourth-order valence-corrected chi connectivity index (χ4v) is 5.12. The van der Waals surface area contributed by atoms with E-state index in [4.69, 9.17) is 0 Å². The van der Waals surface area contributed by atoms with Crippen molar-refractivity contribution in [3.63, 3.8) is 0 Å². The fraction of sp³-hybridized carbons (Fsp3) is 0.0870. The molecule has 5 rings (SSSR count). The van der Waals surface area contributed by atoms with Crippen LogP contribution in [0.5, 0.6) is 5.75 Å². The van der Waals surface area contributed by atoms with E-state index in [-0.39, 0.29) is 34.7 Å². The molecular weight excluding hydrogens is 447 g/mol. The molecule has 0 saturated heterocycles. The lowest BCUT2D eigenvalue weighted by Gasteiger charge is -2.22. The number of nitrogens with one attached hydrogen (secondary N) is 1. The SMILES string of the molecule is Cc1ccc(F)c2c1NC(c1c(O)c3cccnc3n(Cc3ccccc3)c1=O)=NS2(=O)=O. The van der Waals surface area contributed by atoms with E-state index >= 15 is 0 Å². The highest BCUT2D eigenvalue weighted by Gasteiger charge is 2.33. The van der Waals surface area contributed by atoms with Crippen LogP contribution in [0.15, 0.2) is 74.9 Å². The zero-order valence-corrected chi connectivity index (χ0v) is 18.1. The Balaban J connectivity index is 1.79. The summed E-state index contributed by atoms with van der Waals surface area (Å²) in [6.07, 6.45) is 1.49. The molecule has 0 fully saturated rings. The quantitative estimate of drug-likeness (QED) is 0.482. The first-order valence-electron chi connectivity index (χ1n) is 9.94.